The highest BCUT2D eigenvalue weighted by Gasteiger charge is 2.05. The lowest BCUT2D eigenvalue weighted by atomic mass is 10.1. The minimum absolute atomic E-state index is 0.215. The van der Waals surface area contributed by atoms with Gasteiger partial charge >= 0.3 is 0 Å². The zero-order valence-electron chi connectivity index (χ0n) is 8.85. The monoisotopic (exact) mass is 231 g/mol. The third kappa shape index (κ3) is 2.46. The van der Waals surface area contributed by atoms with Crippen molar-refractivity contribution in [2.75, 3.05) is 0 Å². The van der Waals surface area contributed by atoms with Gasteiger partial charge in [0.1, 0.15) is 11.5 Å². The maximum absolute atomic E-state index is 13.0. The number of benzene rings is 1. The van der Waals surface area contributed by atoms with Crippen molar-refractivity contribution in [3.8, 4) is 11.1 Å². The number of nitrogens with one attached hydrogen (secondary N) is 1. The zero-order chi connectivity index (χ0) is 12.3. The van der Waals surface area contributed by atoms with Crippen LogP contribution >= 0.6 is 0 Å². The highest BCUT2D eigenvalue weighted by Crippen LogP contribution is 2.19. The summed E-state index contributed by atoms with van der Waals surface area (Å²) in [6.45, 7) is 0. The molecule has 0 unspecified atom stereocenters. The fraction of sp³-hybridized carbons (Fsp3) is 0. The molecule has 1 aromatic carbocycles. The minimum atomic E-state index is -0.462. The Morgan fingerprint density at radius 3 is 2.65 bits per heavy atom. The number of hydrogen-bond acceptors (Lipinski definition) is 3. The van der Waals surface area contributed by atoms with E-state index in [0.717, 1.165) is 5.56 Å². The molecule has 3 N–H and O–H groups in total. The van der Waals surface area contributed by atoms with Crippen LogP contribution in [0.5, 0.6) is 0 Å². The van der Waals surface area contributed by atoms with Gasteiger partial charge in [0, 0.05) is 11.8 Å². The molecule has 0 saturated carbocycles. The van der Waals surface area contributed by atoms with Crippen molar-refractivity contribution >= 4 is 5.91 Å². The van der Waals surface area contributed by atoms with E-state index in [9.17, 15) is 9.18 Å². The first-order valence-corrected chi connectivity index (χ1v) is 4.93. The molecule has 0 radical (unpaired) electrons. The Morgan fingerprint density at radius 1 is 1.24 bits per heavy atom. The first-order valence-electron chi connectivity index (χ1n) is 4.93. The number of nitrogen functional groups attached to an aromatic ring is 1. The van der Waals surface area contributed by atoms with Crippen molar-refractivity contribution < 1.29 is 9.18 Å². The Morgan fingerprint density at radius 2 is 2.06 bits per heavy atom. The Labute approximate surface area is 97.3 Å². The molecule has 2 rings (SSSR count). The van der Waals surface area contributed by atoms with Crippen LogP contribution in [-0.2, 0) is 0 Å². The van der Waals surface area contributed by atoms with E-state index in [-0.39, 0.29) is 11.5 Å². The van der Waals surface area contributed by atoms with E-state index in [1.807, 2.05) is 5.43 Å². The molecule has 0 fully saturated rings. The summed E-state index contributed by atoms with van der Waals surface area (Å²) in [5, 5.41) is 0. The quantitative estimate of drug-likeness (QED) is 0.467. The lowest BCUT2D eigenvalue weighted by molar-refractivity contribution is 0.0948. The topological polar surface area (TPSA) is 68.0 Å². The van der Waals surface area contributed by atoms with E-state index in [2.05, 4.69) is 4.98 Å². The van der Waals surface area contributed by atoms with Crippen LogP contribution in [0.15, 0.2) is 42.6 Å². The number of carbonyl (C=O) groups excluding carboxylic acids is 1. The maximum atomic E-state index is 13.0. The van der Waals surface area contributed by atoms with Gasteiger partial charge in [0.15, 0.2) is 0 Å². The number of rotatable bonds is 2. The number of nitrogens with two attached hydrogens (primary N) is 1. The Balaban J connectivity index is 2.32. The van der Waals surface area contributed by atoms with Crippen molar-refractivity contribution in [1.82, 2.24) is 10.4 Å². The summed E-state index contributed by atoms with van der Waals surface area (Å²) in [4.78, 5) is 15.1. The van der Waals surface area contributed by atoms with Crippen molar-refractivity contribution in [1.29, 1.82) is 0 Å². The average molecular weight is 231 g/mol. The summed E-state index contributed by atoms with van der Waals surface area (Å²) in [5.74, 6) is 4.21. The smallest absolute Gasteiger partial charge is 0.283 e. The molecule has 1 aromatic heterocycles. The highest BCUT2D eigenvalue weighted by atomic mass is 19.1. The van der Waals surface area contributed by atoms with Crippen LogP contribution in [0, 0.1) is 5.82 Å². The van der Waals surface area contributed by atoms with Gasteiger partial charge in [-0.15, -0.1) is 0 Å². The molecule has 1 heterocycles. The van der Waals surface area contributed by atoms with Gasteiger partial charge in [-0.05, 0) is 23.8 Å². The largest absolute Gasteiger partial charge is 0.289 e. The van der Waals surface area contributed by atoms with Gasteiger partial charge in [-0.2, -0.15) is 0 Å². The molecule has 86 valence electrons. The van der Waals surface area contributed by atoms with E-state index < -0.39 is 5.91 Å². The first-order chi connectivity index (χ1) is 8.20. The number of amides is 1. The van der Waals surface area contributed by atoms with Crippen molar-refractivity contribution in [2.45, 2.75) is 0 Å². The SMILES string of the molecule is NNC(=O)c1ccc(-c2cccc(F)c2)cn1. The molecular formula is C12H10FN3O. The van der Waals surface area contributed by atoms with E-state index in [1.54, 1.807) is 18.2 Å². The fourth-order valence-electron chi connectivity index (χ4n) is 1.44. The number of pyridine rings is 1. The van der Waals surface area contributed by atoms with E-state index in [0.29, 0.717) is 5.56 Å². The number of hydrazine groups is 1. The van der Waals surface area contributed by atoms with Gasteiger partial charge in [-0.1, -0.05) is 18.2 Å². The minimum Gasteiger partial charge on any atom is -0.289 e. The molecule has 4 nitrogen and oxygen atoms in total. The third-order valence-corrected chi connectivity index (χ3v) is 2.29. The summed E-state index contributed by atoms with van der Waals surface area (Å²) >= 11 is 0. The summed E-state index contributed by atoms with van der Waals surface area (Å²) in [5.41, 5.74) is 3.64. The molecule has 0 atom stereocenters. The van der Waals surface area contributed by atoms with E-state index in [4.69, 9.17) is 5.84 Å². The fourth-order valence-corrected chi connectivity index (χ4v) is 1.44. The second-order valence-corrected chi connectivity index (χ2v) is 3.42. The van der Waals surface area contributed by atoms with E-state index >= 15 is 0 Å². The Kier molecular flexibility index (Phi) is 3.11. The number of aromatic nitrogens is 1. The van der Waals surface area contributed by atoms with Gasteiger partial charge in [-0.25, -0.2) is 10.2 Å². The molecule has 0 aliphatic rings. The van der Waals surface area contributed by atoms with Crippen LogP contribution in [0.1, 0.15) is 10.5 Å². The molecule has 0 aliphatic carbocycles. The van der Waals surface area contributed by atoms with Crippen LogP contribution < -0.4 is 11.3 Å². The molecule has 5 heteroatoms. The first kappa shape index (κ1) is 11.2. The Hall–Kier alpha value is -2.27. The van der Waals surface area contributed by atoms with Crippen LogP contribution in [-0.4, -0.2) is 10.9 Å². The lowest BCUT2D eigenvalue weighted by Crippen LogP contribution is -2.30. The number of carbonyl (C=O) groups is 1. The molecule has 17 heavy (non-hydrogen) atoms. The molecule has 0 saturated heterocycles. The predicted octanol–water partition coefficient (Wildman–Crippen LogP) is 1.49. The molecular weight excluding hydrogens is 221 g/mol. The summed E-state index contributed by atoms with van der Waals surface area (Å²) in [6, 6.07) is 9.37. The van der Waals surface area contributed by atoms with Crippen LogP contribution in [0.4, 0.5) is 4.39 Å². The molecule has 0 aliphatic heterocycles. The zero-order valence-corrected chi connectivity index (χ0v) is 8.85. The summed E-state index contributed by atoms with van der Waals surface area (Å²) in [7, 11) is 0. The van der Waals surface area contributed by atoms with E-state index in [1.165, 1.54) is 24.4 Å². The van der Waals surface area contributed by atoms with Gasteiger partial charge in [0.2, 0.25) is 0 Å². The lowest BCUT2D eigenvalue weighted by Gasteiger charge is -2.03. The van der Waals surface area contributed by atoms with Crippen molar-refractivity contribution in [3.63, 3.8) is 0 Å². The van der Waals surface area contributed by atoms with Crippen LogP contribution in [0.2, 0.25) is 0 Å². The molecule has 0 bridgehead atoms. The number of halogens is 1. The van der Waals surface area contributed by atoms with Crippen LogP contribution in [0.25, 0.3) is 11.1 Å². The molecule has 2 aromatic rings. The van der Waals surface area contributed by atoms with Crippen LogP contribution in [0.3, 0.4) is 0 Å². The van der Waals surface area contributed by atoms with Crippen molar-refractivity contribution in [3.05, 3.63) is 54.1 Å². The highest BCUT2D eigenvalue weighted by molar-refractivity contribution is 5.92. The maximum Gasteiger partial charge on any atom is 0.283 e. The summed E-state index contributed by atoms with van der Waals surface area (Å²) < 4.78 is 13.0. The van der Waals surface area contributed by atoms with Crippen molar-refractivity contribution in [2.24, 2.45) is 5.84 Å². The average Bonchev–Trinajstić information content (AvgIpc) is 2.38. The van der Waals surface area contributed by atoms with Gasteiger partial charge in [0.05, 0.1) is 0 Å². The summed E-state index contributed by atoms with van der Waals surface area (Å²) in [6.07, 6.45) is 1.50. The molecule has 0 spiro atoms. The van der Waals surface area contributed by atoms with Gasteiger partial charge in [-0.3, -0.25) is 15.2 Å². The standard InChI is InChI=1S/C12H10FN3O/c13-10-3-1-2-8(6-10)9-4-5-11(15-7-9)12(17)16-14/h1-7H,14H2,(H,16,17). The van der Waals surface area contributed by atoms with Gasteiger partial charge in [0.25, 0.3) is 5.91 Å². The molecule has 1 amide bonds. The number of hydrogen-bond donors (Lipinski definition) is 2. The second kappa shape index (κ2) is 4.71. The normalized spacial score (nSPS) is 10.0. The predicted molar refractivity (Wildman–Crippen MR) is 61.3 cm³/mol. The number of nitrogens with zero attached hydrogens (tertiary/aromatic N) is 1. The Bertz CT molecular complexity index is 540. The second-order valence-electron chi connectivity index (χ2n) is 3.42. The third-order valence-electron chi connectivity index (χ3n) is 2.29. The van der Waals surface area contributed by atoms with Gasteiger partial charge < -0.3 is 0 Å².